The molecule has 0 aliphatic carbocycles. The van der Waals surface area contributed by atoms with Gasteiger partial charge < -0.3 is 9.22 Å². The normalized spacial score (nSPS) is 14.0. The largest absolute Gasteiger partial charge is 0.405 e. The molecule has 0 heterocycles. The third-order valence-electron chi connectivity index (χ3n) is 5.30. The van der Waals surface area contributed by atoms with Gasteiger partial charge >= 0.3 is 0 Å². The molecule has 28 heavy (non-hydrogen) atoms. The first-order valence-corrected chi connectivity index (χ1v) is 12.0. The van der Waals surface area contributed by atoms with E-state index in [1.54, 1.807) is 0 Å². The Morgan fingerprint density at radius 1 is 0.893 bits per heavy atom. The van der Waals surface area contributed by atoms with Crippen LogP contribution >= 0.6 is 0 Å². The fourth-order valence-corrected chi connectivity index (χ4v) is 8.58. The molecule has 2 atom stereocenters. The molecule has 0 aliphatic rings. The highest BCUT2D eigenvalue weighted by Gasteiger charge is 2.50. The topological polar surface area (TPSA) is 26.3 Å². The average Bonchev–Trinajstić information content (AvgIpc) is 2.66. The van der Waals surface area contributed by atoms with Gasteiger partial charge in [0.15, 0.2) is 0 Å². The van der Waals surface area contributed by atoms with Gasteiger partial charge in [-0.1, -0.05) is 102 Å². The molecule has 3 heteroatoms. The summed E-state index contributed by atoms with van der Waals surface area (Å²) >= 11 is 0. The van der Waals surface area contributed by atoms with E-state index in [1.807, 2.05) is 6.92 Å². The zero-order chi connectivity index (χ0) is 19.9. The first kappa shape index (κ1) is 24.3. The molecule has 0 N–H and O–H groups in total. The maximum Gasteiger partial charge on any atom is 0.261 e. The predicted molar refractivity (Wildman–Crippen MR) is 124 cm³/mol. The van der Waals surface area contributed by atoms with Gasteiger partial charge in [0.2, 0.25) is 0 Å². The second-order valence-corrected chi connectivity index (χ2v) is 12.9. The number of hydrogen-bond donors (Lipinski definition) is 0. The summed E-state index contributed by atoms with van der Waals surface area (Å²) in [7, 11) is -2.47. The van der Waals surface area contributed by atoms with Crippen LogP contribution < -0.4 is 10.4 Å². The van der Waals surface area contributed by atoms with E-state index in [0.29, 0.717) is 0 Å². The van der Waals surface area contributed by atoms with Gasteiger partial charge in [0.1, 0.15) is 6.29 Å². The molecule has 2 rings (SSSR count). The van der Waals surface area contributed by atoms with E-state index < -0.39 is 8.32 Å². The van der Waals surface area contributed by atoms with Crippen molar-refractivity contribution in [3.63, 3.8) is 0 Å². The van der Waals surface area contributed by atoms with Crippen molar-refractivity contribution in [1.29, 1.82) is 0 Å². The molecule has 154 valence electrons. The molecule has 0 aromatic heterocycles. The second kappa shape index (κ2) is 10.7. The quantitative estimate of drug-likeness (QED) is 0.406. The summed E-state index contributed by atoms with van der Waals surface area (Å²) in [5.41, 5.74) is 0. The van der Waals surface area contributed by atoms with E-state index in [9.17, 15) is 4.79 Å². The number of aldehydes is 1. The molecule has 2 aromatic carbocycles. The molecule has 1 unspecified atom stereocenters. The first-order valence-electron chi connectivity index (χ1n) is 10.1. The van der Waals surface area contributed by atoms with E-state index in [1.165, 1.54) is 10.4 Å². The van der Waals surface area contributed by atoms with Crippen LogP contribution in [0.2, 0.25) is 5.04 Å². The van der Waals surface area contributed by atoms with Crippen molar-refractivity contribution in [2.24, 2.45) is 5.92 Å². The molecule has 0 radical (unpaired) electrons. The highest BCUT2D eigenvalue weighted by molar-refractivity contribution is 6.99. The fourth-order valence-electron chi connectivity index (χ4n) is 3.85. The average molecular weight is 399 g/mol. The number of rotatable bonds is 9. The molecule has 2 aromatic rings. The summed E-state index contributed by atoms with van der Waals surface area (Å²) in [5.74, 6) is 0.130. The van der Waals surface area contributed by atoms with E-state index in [-0.39, 0.29) is 24.5 Å². The van der Waals surface area contributed by atoms with Crippen molar-refractivity contribution < 1.29 is 9.22 Å². The highest BCUT2D eigenvalue weighted by Crippen LogP contribution is 2.37. The summed E-state index contributed by atoms with van der Waals surface area (Å²) in [5, 5.41) is 2.63. The van der Waals surface area contributed by atoms with E-state index in [4.69, 9.17) is 4.43 Å². The lowest BCUT2D eigenvalue weighted by atomic mass is 10.0. The maximum absolute atomic E-state index is 10.9. The van der Waals surface area contributed by atoms with Crippen molar-refractivity contribution >= 4 is 25.0 Å². The van der Waals surface area contributed by atoms with Gasteiger partial charge in [0.05, 0.1) is 0 Å². The van der Waals surface area contributed by atoms with Gasteiger partial charge in [0.25, 0.3) is 8.32 Å². The Labute approximate surface area is 173 Å². The van der Waals surface area contributed by atoms with E-state index >= 15 is 0 Å². The van der Waals surface area contributed by atoms with Crippen LogP contribution in [0, 0.1) is 5.92 Å². The molecule has 0 aliphatic heterocycles. The number of hydrogen-bond acceptors (Lipinski definition) is 2. The zero-order valence-electron chi connectivity index (χ0n) is 17.4. The summed E-state index contributed by atoms with van der Waals surface area (Å²) in [6.45, 7) is 11.1. The van der Waals surface area contributed by atoms with Crippen LogP contribution in [0.15, 0.2) is 60.7 Å². The molecule has 0 spiro atoms. The van der Waals surface area contributed by atoms with Crippen molar-refractivity contribution in [3.05, 3.63) is 60.7 Å². The van der Waals surface area contributed by atoms with Gasteiger partial charge in [-0.05, 0) is 35.2 Å². The van der Waals surface area contributed by atoms with E-state index in [2.05, 4.69) is 88.4 Å². The van der Waals surface area contributed by atoms with Gasteiger partial charge in [0, 0.05) is 12.0 Å². The lowest BCUT2D eigenvalue weighted by Crippen LogP contribution is -2.67. The molecular weight excluding hydrogens is 360 g/mol. The zero-order valence-corrected chi connectivity index (χ0v) is 18.4. The molecule has 0 bridgehead atoms. The summed E-state index contributed by atoms with van der Waals surface area (Å²) < 4.78 is 7.04. The highest BCUT2D eigenvalue weighted by atomic mass is 28.4. The standard InChI is InChI=1S/C24H34O2Si.CH4/c1-20(19-25)13-12-14-21(2)26-27(24(3,4)5,22-15-8-6-9-16-22)23-17-10-7-11-18-23;/h6-11,15-21H,12-14H2,1-5H3;1H4/t20-,21?;/m0./s1. The Balaban J connectivity index is 0.00000392. The number of benzene rings is 2. The summed E-state index contributed by atoms with van der Waals surface area (Å²) in [6.07, 6.45) is 4.11. The van der Waals surface area contributed by atoms with Crippen molar-refractivity contribution in [3.8, 4) is 0 Å². The van der Waals surface area contributed by atoms with Crippen molar-refractivity contribution in [2.45, 2.75) is 72.5 Å². The summed E-state index contributed by atoms with van der Waals surface area (Å²) in [6, 6.07) is 21.5. The Hall–Kier alpha value is -1.71. The van der Waals surface area contributed by atoms with Crippen LogP contribution in [0.1, 0.15) is 61.3 Å². The Morgan fingerprint density at radius 3 is 1.75 bits per heavy atom. The third-order valence-corrected chi connectivity index (χ3v) is 10.5. The van der Waals surface area contributed by atoms with Crippen LogP contribution in [-0.4, -0.2) is 20.7 Å². The Morgan fingerprint density at radius 2 is 1.36 bits per heavy atom. The fraction of sp³-hybridized carbons (Fsp3) is 0.480. The van der Waals surface area contributed by atoms with Gasteiger partial charge in [-0.15, -0.1) is 0 Å². The third kappa shape index (κ3) is 5.65. The maximum atomic E-state index is 10.9. The monoisotopic (exact) mass is 398 g/mol. The lowest BCUT2D eigenvalue weighted by molar-refractivity contribution is -0.110. The molecule has 2 nitrogen and oxygen atoms in total. The Bertz CT molecular complexity index is 652. The Kier molecular flexibility index (Phi) is 9.32. The van der Waals surface area contributed by atoms with Crippen LogP contribution in [-0.2, 0) is 9.22 Å². The molecular formula is C25H38O2Si. The lowest BCUT2D eigenvalue weighted by Gasteiger charge is -2.44. The van der Waals surface area contributed by atoms with Crippen LogP contribution in [0.3, 0.4) is 0 Å². The minimum Gasteiger partial charge on any atom is -0.405 e. The number of carbonyl (C=O) groups excluding carboxylic acids is 1. The van der Waals surface area contributed by atoms with Crippen molar-refractivity contribution in [2.75, 3.05) is 0 Å². The van der Waals surface area contributed by atoms with Crippen LogP contribution in [0.25, 0.3) is 0 Å². The van der Waals surface area contributed by atoms with Gasteiger partial charge in [-0.3, -0.25) is 0 Å². The summed E-state index contributed by atoms with van der Waals surface area (Å²) in [4.78, 5) is 10.9. The van der Waals surface area contributed by atoms with Crippen LogP contribution in [0.4, 0.5) is 0 Å². The molecule has 0 saturated heterocycles. The first-order chi connectivity index (χ1) is 12.8. The van der Waals surface area contributed by atoms with Crippen LogP contribution in [0.5, 0.6) is 0 Å². The second-order valence-electron chi connectivity index (χ2n) is 8.64. The van der Waals surface area contributed by atoms with Crippen molar-refractivity contribution in [1.82, 2.24) is 0 Å². The number of carbonyl (C=O) groups is 1. The van der Waals surface area contributed by atoms with Gasteiger partial charge in [-0.25, -0.2) is 0 Å². The molecule has 0 amide bonds. The molecule has 0 fully saturated rings. The predicted octanol–water partition coefficient (Wildman–Crippen LogP) is 5.59. The minimum atomic E-state index is -2.47. The smallest absolute Gasteiger partial charge is 0.261 e. The minimum absolute atomic E-state index is 0. The van der Waals surface area contributed by atoms with Gasteiger partial charge in [-0.2, -0.15) is 0 Å². The molecule has 0 saturated carbocycles. The van der Waals surface area contributed by atoms with E-state index in [0.717, 1.165) is 25.5 Å². The SMILES string of the molecule is C.CC(CCC[C@H](C)C=O)O[Si](c1ccccc1)(c1ccccc1)C(C)(C)C.